The van der Waals surface area contributed by atoms with E-state index in [2.05, 4.69) is 0 Å². The Bertz CT molecular complexity index is 1480. The lowest BCUT2D eigenvalue weighted by molar-refractivity contribution is -0.137. The van der Waals surface area contributed by atoms with Crippen molar-refractivity contribution in [1.29, 1.82) is 0 Å². The van der Waals surface area contributed by atoms with Gasteiger partial charge in [0.25, 0.3) is 0 Å². The molecule has 0 bridgehead atoms. The summed E-state index contributed by atoms with van der Waals surface area (Å²) in [6.45, 7) is 0. The van der Waals surface area contributed by atoms with Crippen LogP contribution in [0.4, 0.5) is 48.7 Å². The molecule has 2 aromatic carbocycles. The first-order valence-corrected chi connectivity index (χ1v) is 13.5. The molecule has 2 saturated heterocycles. The second kappa shape index (κ2) is 11.0. The molecule has 3 aliphatic rings. The van der Waals surface area contributed by atoms with Crippen molar-refractivity contribution in [1.82, 2.24) is 4.90 Å². The van der Waals surface area contributed by atoms with E-state index in [-0.39, 0.29) is 40.6 Å². The van der Waals surface area contributed by atoms with Crippen LogP contribution in [0.3, 0.4) is 0 Å². The van der Waals surface area contributed by atoms with Gasteiger partial charge in [-0.15, -0.1) is 0 Å². The number of alkyl halides is 9. The topological polar surface area (TPSA) is 29.5 Å². The molecule has 2 aliphatic heterocycles. The standard InChI is InChI=1S/C29H22ClF10NO2/c30-18-7-9-22(31)20(13-18)19-8-6-16(28(35,36)37)12-21(19)23-2-1-3-24-25(43-26(42)41(23)24)14-4-5-15(27(32,33)34)11-17(10-14)29(38,39)40/h6-14,23-25H,1-5H2. The second-order valence-electron chi connectivity index (χ2n) is 10.7. The predicted octanol–water partition coefficient (Wildman–Crippen LogP) is 9.97. The molecule has 14 heteroatoms. The van der Waals surface area contributed by atoms with Crippen molar-refractivity contribution in [3.05, 3.63) is 81.7 Å². The van der Waals surface area contributed by atoms with E-state index < -0.39 is 84.1 Å². The molecule has 43 heavy (non-hydrogen) atoms. The molecular weight excluding hydrogens is 620 g/mol. The highest BCUT2D eigenvalue weighted by Crippen LogP contribution is 2.48. The third kappa shape index (κ3) is 6.23. The summed E-state index contributed by atoms with van der Waals surface area (Å²) in [6.07, 6.45) is -17.2. The van der Waals surface area contributed by atoms with E-state index in [9.17, 15) is 48.7 Å². The zero-order chi connectivity index (χ0) is 31.5. The van der Waals surface area contributed by atoms with Gasteiger partial charge in [0.05, 0.1) is 23.2 Å². The van der Waals surface area contributed by atoms with Gasteiger partial charge in [-0.25, -0.2) is 9.18 Å². The minimum atomic E-state index is -5.12. The van der Waals surface area contributed by atoms with Crippen LogP contribution in [0.25, 0.3) is 11.1 Å². The summed E-state index contributed by atoms with van der Waals surface area (Å²) in [7, 11) is 0. The highest BCUT2D eigenvalue weighted by molar-refractivity contribution is 6.30. The molecule has 0 saturated carbocycles. The van der Waals surface area contributed by atoms with Crippen LogP contribution in [-0.4, -0.2) is 35.5 Å². The Morgan fingerprint density at radius 3 is 2.21 bits per heavy atom. The molecule has 2 heterocycles. The van der Waals surface area contributed by atoms with Gasteiger partial charge in [0.15, 0.2) is 0 Å². The van der Waals surface area contributed by atoms with Crippen molar-refractivity contribution in [2.45, 2.75) is 68.8 Å². The van der Waals surface area contributed by atoms with Gasteiger partial charge in [0.1, 0.15) is 11.9 Å². The van der Waals surface area contributed by atoms with Crippen molar-refractivity contribution in [3.63, 3.8) is 0 Å². The molecule has 2 fully saturated rings. The first-order chi connectivity index (χ1) is 19.9. The largest absolute Gasteiger partial charge is 0.443 e. The van der Waals surface area contributed by atoms with Gasteiger partial charge in [-0.05, 0) is 79.6 Å². The molecule has 0 N–H and O–H groups in total. The number of fused-ring (bicyclic) bond motifs is 1. The maximum absolute atomic E-state index is 14.9. The number of nitrogens with zero attached hydrogens (tertiary/aromatic N) is 1. The highest BCUT2D eigenvalue weighted by Gasteiger charge is 2.52. The number of cyclic esters (lactones) is 1. The highest BCUT2D eigenvalue weighted by atomic mass is 35.5. The Morgan fingerprint density at radius 2 is 1.56 bits per heavy atom. The SMILES string of the molecule is O=C1OC(C2C=C(C(F)(F)F)C=C(C(F)(F)F)CC2)C2CCCC(c3cc(C(F)(F)F)ccc3-c3cc(Cl)ccc3F)N12. The third-order valence-electron chi connectivity index (χ3n) is 8.04. The summed E-state index contributed by atoms with van der Waals surface area (Å²) < 4.78 is 143. The lowest BCUT2D eigenvalue weighted by Gasteiger charge is -2.39. The van der Waals surface area contributed by atoms with E-state index in [1.54, 1.807) is 0 Å². The predicted molar refractivity (Wildman–Crippen MR) is 135 cm³/mol. The smallest absolute Gasteiger partial charge is 0.416 e. The Hall–Kier alpha value is -3.22. The Morgan fingerprint density at radius 1 is 0.837 bits per heavy atom. The maximum Gasteiger partial charge on any atom is 0.416 e. The zero-order valence-corrected chi connectivity index (χ0v) is 22.6. The number of piperidine rings is 1. The molecule has 232 valence electrons. The monoisotopic (exact) mass is 641 g/mol. The maximum atomic E-state index is 14.9. The summed E-state index contributed by atoms with van der Waals surface area (Å²) in [4.78, 5) is 14.4. The van der Waals surface area contributed by atoms with Gasteiger partial charge >= 0.3 is 24.6 Å². The van der Waals surface area contributed by atoms with Crippen LogP contribution in [-0.2, 0) is 10.9 Å². The van der Waals surface area contributed by atoms with Crippen LogP contribution >= 0.6 is 11.6 Å². The first-order valence-electron chi connectivity index (χ1n) is 13.2. The molecule has 4 atom stereocenters. The molecule has 1 amide bonds. The average Bonchev–Trinajstić information content (AvgIpc) is 3.08. The molecule has 4 unspecified atom stereocenters. The van der Waals surface area contributed by atoms with Gasteiger partial charge in [0.2, 0.25) is 0 Å². The third-order valence-corrected chi connectivity index (χ3v) is 8.27. The van der Waals surface area contributed by atoms with E-state index in [0.717, 1.165) is 29.2 Å². The van der Waals surface area contributed by atoms with Gasteiger partial charge in [0, 0.05) is 22.1 Å². The minimum Gasteiger partial charge on any atom is -0.443 e. The van der Waals surface area contributed by atoms with Crippen molar-refractivity contribution in [2.24, 2.45) is 5.92 Å². The molecule has 1 aliphatic carbocycles. The number of carbonyl (C=O) groups is 1. The number of ether oxygens (including phenoxy) is 1. The number of amides is 1. The number of benzene rings is 2. The van der Waals surface area contributed by atoms with E-state index in [0.29, 0.717) is 12.5 Å². The Balaban J connectivity index is 1.56. The van der Waals surface area contributed by atoms with Crippen LogP contribution in [0.5, 0.6) is 0 Å². The second-order valence-corrected chi connectivity index (χ2v) is 11.1. The summed E-state index contributed by atoms with van der Waals surface area (Å²) in [6, 6.07) is 4.04. The van der Waals surface area contributed by atoms with Gasteiger partial charge < -0.3 is 4.74 Å². The Kier molecular flexibility index (Phi) is 8.02. The first kappa shape index (κ1) is 31.2. The van der Waals surface area contributed by atoms with E-state index in [1.807, 2.05) is 0 Å². The van der Waals surface area contributed by atoms with Crippen LogP contribution < -0.4 is 0 Å². The normalized spacial score (nSPS) is 25.1. The lowest BCUT2D eigenvalue weighted by Crippen LogP contribution is -2.44. The van der Waals surface area contributed by atoms with Crippen LogP contribution in [0.2, 0.25) is 5.02 Å². The van der Waals surface area contributed by atoms with Gasteiger partial charge in [-0.3, -0.25) is 4.90 Å². The lowest BCUT2D eigenvalue weighted by atomic mass is 9.82. The fourth-order valence-electron chi connectivity index (χ4n) is 6.12. The zero-order valence-electron chi connectivity index (χ0n) is 21.9. The quantitative estimate of drug-likeness (QED) is 0.312. The number of halogens is 11. The van der Waals surface area contributed by atoms with Crippen molar-refractivity contribution < 1.29 is 53.4 Å². The van der Waals surface area contributed by atoms with E-state index >= 15 is 0 Å². The molecule has 2 aromatic rings. The fourth-order valence-corrected chi connectivity index (χ4v) is 6.29. The van der Waals surface area contributed by atoms with Crippen molar-refractivity contribution in [3.8, 4) is 11.1 Å². The number of rotatable bonds is 3. The number of carbonyl (C=O) groups excluding carboxylic acids is 1. The van der Waals surface area contributed by atoms with Gasteiger partial charge in [-0.2, -0.15) is 39.5 Å². The van der Waals surface area contributed by atoms with Crippen molar-refractivity contribution >= 4 is 17.7 Å². The summed E-state index contributed by atoms with van der Waals surface area (Å²) in [5, 5.41) is 0.0943. The van der Waals surface area contributed by atoms with Crippen LogP contribution in [0.15, 0.2) is 59.7 Å². The molecule has 0 spiro atoms. The molecule has 3 nitrogen and oxygen atoms in total. The van der Waals surface area contributed by atoms with E-state index in [4.69, 9.17) is 16.3 Å². The van der Waals surface area contributed by atoms with Crippen LogP contribution in [0, 0.1) is 11.7 Å². The summed E-state index contributed by atoms with van der Waals surface area (Å²) in [5.41, 5.74) is -4.17. The van der Waals surface area contributed by atoms with Gasteiger partial charge in [-0.1, -0.05) is 23.7 Å². The Labute approximate surface area is 243 Å². The number of hydrogen-bond donors (Lipinski definition) is 0. The summed E-state index contributed by atoms with van der Waals surface area (Å²) in [5.74, 6) is -2.06. The summed E-state index contributed by atoms with van der Waals surface area (Å²) >= 11 is 6.03. The molecule has 0 radical (unpaired) electrons. The number of allylic oxidation sites excluding steroid dienone is 3. The van der Waals surface area contributed by atoms with Crippen molar-refractivity contribution in [2.75, 3.05) is 0 Å². The number of hydrogen-bond acceptors (Lipinski definition) is 2. The molecule has 0 aromatic heterocycles. The fraction of sp³-hybridized carbons (Fsp3) is 0.414. The molecular formula is C29H22ClF10NO2. The van der Waals surface area contributed by atoms with Crippen LogP contribution in [0.1, 0.15) is 49.3 Å². The average molecular weight is 642 g/mol. The minimum absolute atomic E-state index is 0.0163. The van der Waals surface area contributed by atoms with E-state index in [1.165, 1.54) is 12.1 Å². The molecule has 5 rings (SSSR count).